The minimum absolute atomic E-state index is 0.0948. The molecule has 6 nitrogen and oxygen atoms in total. The van der Waals surface area contributed by atoms with E-state index in [1.165, 1.54) is 0 Å². The first-order valence-corrected chi connectivity index (χ1v) is 8.35. The Bertz CT molecular complexity index is 768. The third kappa shape index (κ3) is 3.09. The van der Waals surface area contributed by atoms with Crippen LogP contribution in [0.4, 0.5) is 0 Å². The number of aromatic amines is 1. The molecule has 3 rings (SSSR count). The van der Waals surface area contributed by atoms with E-state index >= 15 is 0 Å². The van der Waals surface area contributed by atoms with Crippen LogP contribution < -0.4 is 10.5 Å². The predicted octanol–water partition coefficient (Wildman–Crippen LogP) is 2.29. The summed E-state index contributed by atoms with van der Waals surface area (Å²) >= 11 is 0. The fraction of sp³-hybridized carbons (Fsp3) is 0.444. The van der Waals surface area contributed by atoms with Gasteiger partial charge < -0.3 is 20.4 Å². The lowest BCUT2D eigenvalue weighted by atomic mass is 9.92. The Morgan fingerprint density at radius 2 is 2.12 bits per heavy atom. The zero-order valence-electron chi connectivity index (χ0n) is 14.0. The second-order valence-electron chi connectivity index (χ2n) is 6.35. The van der Waals surface area contributed by atoms with Crippen LogP contribution in [0.25, 0.3) is 10.9 Å². The number of rotatable bonds is 4. The minimum atomic E-state index is -0.335. The van der Waals surface area contributed by atoms with Crippen LogP contribution >= 0.6 is 0 Å². The van der Waals surface area contributed by atoms with Gasteiger partial charge in [-0.3, -0.25) is 9.59 Å². The third-order valence-corrected chi connectivity index (χ3v) is 4.68. The molecule has 1 aromatic heterocycles. The molecule has 1 saturated heterocycles. The van der Waals surface area contributed by atoms with Crippen LogP contribution in [0.3, 0.4) is 0 Å². The van der Waals surface area contributed by atoms with Crippen LogP contribution in [0, 0.1) is 5.92 Å². The number of nitrogens with two attached hydrogens (primary N) is 1. The molecule has 0 radical (unpaired) electrons. The van der Waals surface area contributed by atoms with Crippen LogP contribution in [-0.4, -0.2) is 40.9 Å². The van der Waals surface area contributed by atoms with Crippen LogP contribution in [0.15, 0.2) is 24.3 Å². The van der Waals surface area contributed by atoms with Gasteiger partial charge in [-0.15, -0.1) is 0 Å². The Morgan fingerprint density at radius 3 is 2.83 bits per heavy atom. The predicted molar refractivity (Wildman–Crippen MR) is 91.9 cm³/mol. The molecule has 2 amide bonds. The molecule has 0 unspecified atom stereocenters. The molecule has 0 spiro atoms. The molecule has 2 atom stereocenters. The minimum Gasteiger partial charge on any atom is -0.494 e. The van der Waals surface area contributed by atoms with Crippen LogP contribution in [0.1, 0.15) is 37.2 Å². The lowest BCUT2D eigenvalue weighted by molar-refractivity contribution is -0.123. The monoisotopic (exact) mass is 329 g/mol. The maximum Gasteiger partial charge on any atom is 0.270 e. The second-order valence-corrected chi connectivity index (χ2v) is 6.35. The van der Waals surface area contributed by atoms with E-state index in [0.717, 1.165) is 29.5 Å². The smallest absolute Gasteiger partial charge is 0.270 e. The molecule has 1 aliphatic heterocycles. The van der Waals surface area contributed by atoms with E-state index in [9.17, 15) is 9.59 Å². The van der Waals surface area contributed by atoms with Crippen molar-refractivity contribution < 1.29 is 14.3 Å². The number of piperidine rings is 1. The summed E-state index contributed by atoms with van der Waals surface area (Å²) in [5.74, 6) is 0.0744. The summed E-state index contributed by atoms with van der Waals surface area (Å²) < 4.78 is 5.49. The third-order valence-electron chi connectivity index (χ3n) is 4.68. The largest absolute Gasteiger partial charge is 0.494 e. The highest BCUT2D eigenvalue weighted by atomic mass is 16.5. The normalized spacial score (nSPS) is 21.0. The van der Waals surface area contributed by atoms with Crippen LogP contribution in [0.2, 0.25) is 0 Å². The lowest BCUT2D eigenvalue weighted by Gasteiger charge is -2.36. The van der Waals surface area contributed by atoms with Gasteiger partial charge in [0.05, 0.1) is 12.5 Å². The van der Waals surface area contributed by atoms with Crippen molar-refractivity contribution in [3.63, 3.8) is 0 Å². The molecule has 1 aromatic carbocycles. The molecule has 6 heteroatoms. The number of likely N-dealkylation sites (tertiary alicyclic amines) is 1. The standard InChI is InChI=1S/C18H23N3O3/c1-3-24-14-7-6-12-8-16(20-15(12)9-14)18(23)21-10-13(17(19)22)5-4-11(21)2/h6-9,11,13,20H,3-5,10H2,1-2H3,(H2,19,22)/t11-,13-/m1/s1. The van der Waals surface area contributed by atoms with Crippen LogP contribution in [-0.2, 0) is 4.79 Å². The van der Waals surface area contributed by atoms with E-state index in [1.807, 2.05) is 38.1 Å². The van der Waals surface area contributed by atoms with Gasteiger partial charge in [0.1, 0.15) is 11.4 Å². The van der Waals surface area contributed by atoms with Crippen molar-refractivity contribution in [2.45, 2.75) is 32.7 Å². The number of nitrogens with one attached hydrogen (secondary N) is 1. The van der Waals surface area contributed by atoms with Gasteiger partial charge >= 0.3 is 0 Å². The number of hydrogen-bond acceptors (Lipinski definition) is 3. The first-order chi connectivity index (χ1) is 11.5. The van der Waals surface area contributed by atoms with Crippen molar-refractivity contribution >= 4 is 22.7 Å². The second kappa shape index (κ2) is 6.55. The summed E-state index contributed by atoms with van der Waals surface area (Å²) in [6.45, 7) is 4.92. The van der Waals surface area contributed by atoms with Crippen molar-refractivity contribution in [1.82, 2.24) is 9.88 Å². The summed E-state index contributed by atoms with van der Waals surface area (Å²) in [7, 11) is 0. The van der Waals surface area contributed by atoms with Gasteiger partial charge in [0.25, 0.3) is 5.91 Å². The average Bonchev–Trinajstić information content (AvgIpc) is 2.98. The van der Waals surface area contributed by atoms with Gasteiger partial charge in [0.2, 0.25) is 5.91 Å². The van der Waals surface area contributed by atoms with Crippen molar-refractivity contribution in [3.8, 4) is 5.75 Å². The SMILES string of the molecule is CCOc1ccc2cc(C(=O)N3C[C@H](C(N)=O)CC[C@H]3C)[nH]c2c1. The fourth-order valence-electron chi connectivity index (χ4n) is 3.25. The van der Waals surface area contributed by atoms with Gasteiger partial charge in [-0.1, -0.05) is 0 Å². The molecule has 128 valence electrons. The first-order valence-electron chi connectivity index (χ1n) is 8.35. The van der Waals surface area contributed by atoms with E-state index in [-0.39, 0.29) is 23.8 Å². The molecule has 0 saturated carbocycles. The summed E-state index contributed by atoms with van der Waals surface area (Å²) in [4.78, 5) is 29.2. The topological polar surface area (TPSA) is 88.4 Å². The number of H-pyrrole nitrogens is 1. The molecule has 0 bridgehead atoms. The van der Waals surface area contributed by atoms with Crippen LogP contribution in [0.5, 0.6) is 5.75 Å². The van der Waals surface area contributed by atoms with Crippen molar-refractivity contribution in [1.29, 1.82) is 0 Å². The Labute approximate surface area is 141 Å². The molecule has 1 fully saturated rings. The van der Waals surface area contributed by atoms with E-state index in [2.05, 4.69) is 4.98 Å². The summed E-state index contributed by atoms with van der Waals surface area (Å²) in [5.41, 5.74) is 6.81. The number of fused-ring (bicyclic) bond motifs is 1. The van der Waals surface area contributed by atoms with Crippen molar-refractivity contribution in [2.75, 3.05) is 13.2 Å². The number of amides is 2. The Balaban J connectivity index is 1.85. The quantitative estimate of drug-likeness (QED) is 0.902. The number of carbonyl (C=O) groups excluding carboxylic acids is 2. The van der Waals surface area contributed by atoms with Gasteiger partial charge in [0, 0.05) is 29.6 Å². The molecule has 24 heavy (non-hydrogen) atoms. The average molecular weight is 329 g/mol. The molecular formula is C18H23N3O3. The number of benzene rings is 1. The Kier molecular flexibility index (Phi) is 4.46. The number of primary amides is 1. The van der Waals surface area contributed by atoms with Gasteiger partial charge in [0.15, 0.2) is 0 Å². The molecule has 2 heterocycles. The summed E-state index contributed by atoms with van der Waals surface area (Å²) in [6.07, 6.45) is 1.53. The number of carbonyl (C=O) groups is 2. The van der Waals surface area contributed by atoms with Crippen molar-refractivity contribution in [2.24, 2.45) is 11.7 Å². The lowest BCUT2D eigenvalue weighted by Crippen LogP contribution is -2.48. The number of aromatic nitrogens is 1. The highest BCUT2D eigenvalue weighted by Gasteiger charge is 2.32. The molecular weight excluding hydrogens is 306 g/mol. The van der Waals surface area contributed by atoms with E-state index in [0.29, 0.717) is 18.8 Å². The number of nitrogens with zero attached hydrogens (tertiary/aromatic N) is 1. The van der Waals surface area contributed by atoms with E-state index in [4.69, 9.17) is 10.5 Å². The highest BCUT2D eigenvalue weighted by molar-refractivity contribution is 5.98. The zero-order chi connectivity index (χ0) is 17.3. The maximum absolute atomic E-state index is 12.9. The highest BCUT2D eigenvalue weighted by Crippen LogP contribution is 2.26. The zero-order valence-corrected chi connectivity index (χ0v) is 14.0. The molecule has 1 aliphatic rings. The van der Waals surface area contributed by atoms with E-state index < -0.39 is 0 Å². The number of hydrogen-bond donors (Lipinski definition) is 2. The Hall–Kier alpha value is -2.50. The Morgan fingerprint density at radius 1 is 1.33 bits per heavy atom. The summed E-state index contributed by atoms with van der Waals surface area (Å²) in [6, 6.07) is 7.65. The molecule has 2 aromatic rings. The van der Waals surface area contributed by atoms with Gasteiger partial charge in [-0.05, 0) is 44.9 Å². The maximum atomic E-state index is 12.9. The van der Waals surface area contributed by atoms with Gasteiger partial charge in [-0.2, -0.15) is 0 Å². The van der Waals surface area contributed by atoms with Gasteiger partial charge in [-0.25, -0.2) is 0 Å². The molecule has 0 aliphatic carbocycles. The van der Waals surface area contributed by atoms with Crippen molar-refractivity contribution in [3.05, 3.63) is 30.0 Å². The summed E-state index contributed by atoms with van der Waals surface area (Å²) in [5, 5.41) is 0.956. The fourth-order valence-corrected chi connectivity index (χ4v) is 3.25. The first kappa shape index (κ1) is 16.4. The number of ether oxygens (including phenoxy) is 1. The molecule has 3 N–H and O–H groups in total. The van der Waals surface area contributed by atoms with E-state index in [1.54, 1.807) is 4.90 Å².